The highest BCUT2D eigenvalue weighted by atomic mass is 127. The fourth-order valence-electron chi connectivity index (χ4n) is 3.13. The lowest BCUT2D eigenvalue weighted by molar-refractivity contribution is 0.0513. The number of esters is 1. The summed E-state index contributed by atoms with van der Waals surface area (Å²) in [4.78, 5) is 12.2. The molecule has 29 heavy (non-hydrogen) atoms. The molecule has 2 aromatic carbocycles. The number of nitrogens with zero attached hydrogens (tertiary/aromatic N) is 1. The topological polar surface area (TPSA) is 61.6 Å². The molecule has 0 radical (unpaired) electrons. The van der Waals surface area contributed by atoms with Crippen LogP contribution in [0.5, 0.6) is 5.75 Å². The van der Waals surface area contributed by atoms with Gasteiger partial charge in [0.15, 0.2) is 5.76 Å². The maximum atomic E-state index is 12.2. The normalized spacial score (nSPS) is 11.0. The van der Waals surface area contributed by atoms with Crippen LogP contribution >= 0.6 is 22.6 Å². The van der Waals surface area contributed by atoms with Gasteiger partial charge >= 0.3 is 5.97 Å². The Morgan fingerprint density at radius 1 is 1.21 bits per heavy atom. The van der Waals surface area contributed by atoms with E-state index in [1.54, 1.807) is 6.92 Å². The largest absolute Gasteiger partial charge is 0.488 e. The van der Waals surface area contributed by atoms with E-state index in [1.807, 2.05) is 36.4 Å². The van der Waals surface area contributed by atoms with Crippen molar-refractivity contribution in [2.45, 2.75) is 40.2 Å². The molecule has 3 rings (SSSR count). The zero-order valence-corrected chi connectivity index (χ0v) is 19.1. The van der Waals surface area contributed by atoms with Gasteiger partial charge in [-0.3, -0.25) is 0 Å². The van der Waals surface area contributed by atoms with Crippen molar-refractivity contribution in [1.82, 2.24) is 5.16 Å². The van der Waals surface area contributed by atoms with Crippen LogP contribution in [0, 0.1) is 10.5 Å². The number of hydrogen-bond donors (Lipinski definition) is 0. The van der Waals surface area contributed by atoms with Crippen LogP contribution in [0.3, 0.4) is 0 Å². The molecule has 152 valence electrons. The second-order valence-electron chi connectivity index (χ2n) is 7.03. The van der Waals surface area contributed by atoms with Crippen LogP contribution in [0.4, 0.5) is 0 Å². The van der Waals surface area contributed by atoms with Gasteiger partial charge in [0, 0.05) is 0 Å². The summed E-state index contributed by atoms with van der Waals surface area (Å²) in [6, 6.07) is 14.1. The Morgan fingerprint density at radius 2 is 1.93 bits per heavy atom. The van der Waals surface area contributed by atoms with Crippen molar-refractivity contribution in [3.63, 3.8) is 0 Å². The Hall–Kier alpha value is -2.35. The highest BCUT2D eigenvalue weighted by Crippen LogP contribution is 2.39. The molecule has 0 saturated carbocycles. The first-order valence-electron chi connectivity index (χ1n) is 9.56. The van der Waals surface area contributed by atoms with Crippen molar-refractivity contribution in [3.8, 4) is 17.1 Å². The number of rotatable bonds is 7. The van der Waals surface area contributed by atoms with Gasteiger partial charge < -0.3 is 14.0 Å². The number of benzene rings is 2. The van der Waals surface area contributed by atoms with Crippen molar-refractivity contribution in [2.75, 3.05) is 6.61 Å². The third-order valence-electron chi connectivity index (χ3n) is 4.58. The number of ether oxygens (including phenoxy) is 2. The molecule has 0 amide bonds. The summed E-state index contributed by atoms with van der Waals surface area (Å²) < 4.78 is 17.4. The van der Waals surface area contributed by atoms with Gasteiger partial charge in [-0.05, 0) is 71.2 Å². The van der Waals surface area contributed by atoms with E-state index in [1.165, 1.54) is 5.56 Å². The average Bonchev–Trinajstić information content (AvgIpc) is 3.08. The summed E-state index contributed by atoms with van der Waals surface area (Å²) in [6.45, 7) is 8.84. The minimum atomic E-state index is -0.491. The van der Waals surface area contributed by atoms with E-state index in [0.717, 1.165) is 16.7 Å². The van der Waals surface area contributed by atoms with Crippen molar-refractivity contribution in [3.05, 3.63) is 68.4 Å². The third kappa shape index (κ3) is 4.80. The zero-order chi connectivity index (χ0) is 21.0. The van der Waals surface area contributed by atoms with Crippen molar-refractivity contribution >= 4 is 28.6 Å². The fourth-order valence-corrected chi connectivity index (χ4v) is 3.83. The number of hydrogen-bond acceptors (Lipinski definition) is 5. The van der Waals surface area contributed by atoms with E-state index in [2.05, 4.69) is 54.6 Å². The van der Waals surface area contributed by atoms with Crippen LogP contribution in [0.25, 0.3) is 11.3 Å². The summed E-state index contributed by atoms with van der Waals surface area (Å²) in [5.41, 5.74) is 4.37. The van der Waals surface area contributed by atoms with Crippen molar-refractivity contribution < 1.29 is 18.8 Å². The third-order valence-corrected chi connectivity index (χ3v) is 5.58. The van der Waals surface area contributed by atoms with Gasteiger partial charge in [0.2, 0.25) is 5.69 Å². The summed E-state index contributed by atoms with van der Waals surface area (Å²) >= 11 is 2.08. The number of carbonyl (C=O) groups excluding carboxylic acids is 1. The Bertz CT molecular complexity index is 996. The quantitative estimate of drug-likeness (QED) is 0.286. The van der Waals surface area contributed by atoms with Crippen LogP contribution in [-0.4, -0.2) is 17.7 Å². The fraction of sp³-hybridized carbons (Fsp3) is 0.304. The minimum absolute atomic E-state index is 0.183. The lowest BCUT2D eigenvalue weighted by Gasteiger charge is -2.16. The van der Waals surface area contributed by atoms with E-state index in [9.17, 15) is 4.79 Å². The molecule has 0 atom stereocenters. The van der Waals surface area contributed by atoms with Crippen LogP contribution in [0.2, 0.25) is 0 Å². The summed E-state index contributed by atoms with van der Waals surface area (Å²) in [6.07, 6.45) is 0. The van der Waals surface area contributed by atoms with Crippen LogP contribution in [0.15, 0.2) is 47.0 Å². The number of aryl methyl sites for hydroxylation is 1. The monoisotopic (exact) mass is 505 g/mol. The second kappa shape index (κ2) is 9.43. The Kier molecular flexibility index (Phi) is 6.95. The first kappa shape index (κ1) is 21.4. The molecule has 1 aromatic heterocycles. The van der Waals surface area contributed by atoms with Gasteiger partial charge in [-0.25, -0.2) is 4.79 Å². The summed E-state index contributed by atoms with van der Waals surface area (Å²) in [7, 11) is 0. The molecule has 0 fully saturated rings. The molecule has 3 aromatic rings. The highest BCUT2D eigenvalue weighted by Gasteiger charge is 2.25. The predicted molar refractivity (Wildman–Crippen MR) is 120 cm³/mol. The Labute approximate surface area is 184 Å². The Balaban J connectivity index is 2.04. The smallest absolute Gasteiger partial charge is 0.361 e. The molecular formula is C23H24INO4. The number of halogens is 1. The van der Waals surface area contributed by atoms with Gasteiger partial charge in [-0.15, -0.1) is 0 Å². The standard InChI is InChI=1S/C23H24INO4/c1-5-27-23(26)21-20(24)22(29-25-21)18-12-17(14(2)3)15(4)11-19(18)28-13-16-9-7-6-8-10-16/h6-12,14H,5,13H2,1-4H3. The van der Waals surface area contributed by atoms with E-state index in [4.69, 9.17) is 14.0 Å². The second-order valence-corrected chi connectivity index (χ2v) is 8.11. The molecule has 1 heterocycles. The summed E-state index contributed by atoms with van der Waals surface area (Å²) in [5.74, 6) is 1.05. The first-order valence-corrected chi connectivity index (χ1v) is 10.6. The molecular weight excluding hydrogens is 481 g/mol. The van der Waals surface area contributed by atoms with Crippen LogP contribution in [0.1, 0.15) is 53.9 Å². The summed E-state index contributed by atoms with van der Waals surface area (Å²) in [5, 5.41) is 3.95. The van der Waals surface area contributed by atoms with Crippen LogP contribution in [-0.2, 0) is 11.3 Å². The lowest BCUT2D eigenvalue weighted by Crippen LogP contribution is -2.06. The molecule has 5 nitrogen and oxygen atoms in total. The molecule has 0 N–H and O–H groups in total. The maximum absolute atomic E-state index is 12.2. The van der Waals surface area contributed by atoms with E-state index < -0.39 is 5.97 Å². The van der Waals surface area contributed by atoms with Crippen molar-refractivity contribution in [1.29, 1.82) is 0 Å². The maximum Gasteiger partial charge on any atom is 0.361 e. The van der Waals surface area contributed by atoms with E-state index in [-0.39, 0.29) is 12.3 Å². The minimum Gasteiger partial charge on any atom is -0.488 e. The molecule has 0 aliphatic heterocycles. The van der Waals surface area contributed by atoms with Gasteiger partial charge in [-0.2, -0.15) is 0 Å². The van der Waals surface area contributed by atoms with Crippen molar-refractivity contribution in [2.24, 2.45) is 0 Å². The van der Waals surface area contributed by atoms with Gasteiger partial charge in [-0.1, -0.05) is 49.3 Å². The van der Waals surface area contributed by atoms with E-state index in [0.29, 0.717) is 27.6 Å². The van der Waals surface area contributed by atoms with E-state index >= 15 is 0 Å². The molecule has 0 aliphatic carbocycles. The molecule has 0 aliphatic rings. The number of carbonyl (C=O) groups is 1. The molecule has 0 saturated heterocycles. The average molecular weight is 505 g/mol. The van der Waals surface area contributed by atoms with Crippen LogP contribution < -0.4 is 4.74 Å². The van der Waals surface area contributed by atoms with Gasteiger partial charge in [0.1, 0.15) is 12.4 Å². The number of aromatic nitrogens is 1. The SMILES string of the molecule is CCOC(=O)c1noc(-c2cc(C(C)C)c(C)cc2OCc2ccccc2)c1I. The van der Waals surface area contributed by atoms with Gasteiger partial charge in [0.25, 0.3) is 0 Å². The first-order chi connectivity index (χ1) is 13.9. The highest BCUT2D eigenvalue weighted by molar-refractivity contribution is 14.1. The van der Waals surface area contributed by atoms with Gasteiger partial charge in [0.05, 0.1) is 15.7 Å². The molecule has 0 spiro atoms. The lowest BCUT2D eigenvalue weighted by atomic mass is 9.94. The molecule has 6 heteroatoms. The Morgan fingerprint density at radius 3 is 2.59 bits per heavy atom. The molecule has 0 bridgehead atoms. The predicted octanol–water partition coefficient (Wildman–Crippen LogP) is 6.13. The zero-order valence-electron chi connectivity index (χ0n) is 17.0. The molecule has 0 unspecified atom stereocenters.